The summed E-state index contributed by atoms with van der Waals surface area (Å²) in [5.74, 6) is -1.76. The number of thiocarbonyl (C=S) groups is 1. The van der Waals surface area contributed by atoms with Crippen molar-refractivity contribution in [3.63, 3.8) is 0 Å². The van der Waals surface area contributed by atoms with Crippen molar-refractivity contribution in [3.05, 3.63) is 58.1 Å². The fraction of sp³-hybridized carbons (Fsp3) is 0.0714. The molecule has 0 aliphatic carbocycles. The number of non-ortho nitro benzene ring substituents is 1. The standard InChI is InChI=1S/C14H11F2N3O3S/c1-22-13-7-9(19(20)21)3-5-12(13)18-14(23)17-8-2-4-10(15)11(16)6-8/h2-7H,1H3,(H2,17,18,23). The lowest BCUT2D eigenvalue weighted by Crippen LogP contribution is -2.19. The van der Waals surface area contributed by atoms with Crippen molar-refractivity contribution in [1.29, 1.82) is 0 Å². The molecule has 0 spiro atoms. The van der Waals surface area contributed by atoms with Crippen LogP contribution in [0.1, 0.15) is 0 Å². The molecule has 0 amide bonds. The van der Waals surface area contributed by atoms with E-state index in [0.717, 1.165) is 12.1 Å². The summed E-state index contributed by atoms with van der Waals surface area (Å²) in [5.41, 5.74) is 0.507. The zero-order chi connectivity index (χ0) is 17.0. The van der Waals surface area contributed by atoms with Gasteiger partial charge in [-0.2, -0.15) is 0 Å². The summed E-state index contributed by atoms with van der Waals surface area (Å²) in [6, 6.07) is 7.19. The van der Waals surface area contributed by atoms with Gasteiger partial charge in [-0.25, -0.2) is 8.78 Å². The van der Waals surface area contributed by atoms with Gasteiger partial charge in [0.25, 0.3) is 5.69 Å². The highest BCUT2D eigenvalue weighted by atomic mass is 32.1. The van der Waals surface area contributed by atoms with Crippen LogP contribution in [0.15, 0.2) is 36.4 Å². The second-order valence-corrected chi connectivity index (χ2v) is 4.76. The molecule has 23 heavy (non-hydrogen) atoms. The van der Waals surface area contributed by atoms with E-state index in [4.69, 9.17) is 17.0 Å². The molecule has 0 aliphatic heterocycles. The lowest BCUT2D eigenvalue weighted by atomic mass is 10.2. The number of hydrogen-bond donors (Lipinski definition) is 2. The van der Waals surface area contributed by atoms with E-state index in [1.54, 1.807) is 0 Å². The van der Waals surface area contributed by atoms with Crippen LogP contribution in [0.25, 0.3) is 0 Å². The number of ether oxygens (including phenoxy) is 1. The first-order valence-corrected chi connectivity index (χ1v) is 6.67. The molecule has 9 heteroatoms. The van der Waals surface area contributed by atoms with Gasteiger partial charge in [0.1, 0.15) is 5.75 Å². The Labute approximate surface area is 135 Å². The SMILES string of the molecule is COc1cc([N+](=O)[O-])ccc1NC(=S)Nc1ccc(F)c(F)c1. The number of hydrogen-bond acceptors (Lipinski definition) is 4. The molecule has 0 fully saturated rings. The molecule has 0 aromatic heterocycles. The van der Waals surface area contributed by atoms with Crippen LogP contribution in [-0.4, -0.2) is 17.1 Å². The lowest BCUT2D eigenvalue weighted by molar-refractivity contribution is -0.384. The van der Waals surface area contributed by atoms with Crippen molar-refractivity contribution in [2.24, 2.45) is 0 Å². The Hall–Kier alpha value is -2.81. The van der Waals surface area contributed by atoms with Crippen molar-refractivity contribution in [1.82, 2.24) is 0 Å². The van der Waals surface area contributed by atoms with Crippen LogP contribution in [-0.2, 0) is 0 Å². The summed E-state index contributed by atoms with van der Waals surface area (Å²) in [5, 5.41) is 16.3. The van der Waals surface area contributed by atoms with Gasteiger partial charge in [-0.05, 0) is 30.4 Å². The second kappa shape index (κ2) is 6.97. The maximum Gasteiger partial charge on any atom is 0.273 e. The molecule has 2 N–H and O–H groups in total. The van der Waals surface area contributed by atoms with Gasteiger partial charge in [0.2, 0.25) is 0 Å². The number of halogens is 2. The molecule has 0 unspecified atom stereocenters. The van der Waals surface area contributed by atoms with Crippen LogP contribution >= 0.6 is 12.2 Å². The first-order chi connectivity index (χ1) is 10.9. The van der Waals surface area contributed by atoms with Gasteiger partial charge in [0.15, 0.2) is 16.7 Å². The molecule has 120 valence electrons. The van der Waals surface area contributed by atoms with Crippen LogP contribution in [0.4, 0.5) is 25.8 Å². The molecule has 0 saturated heterocycles. The molecule has 6 nitrogen and oxygen atoms in total. The number of nitrogens with zero attached hydrogens (tertiary/aromatic N) is 1. The smallest absolute Gasteiger partial charge is 0.273 e. The molecule has 2 rings (SSSR count). The molecule has 0 bridgehead atoms. The van der Waals surface area contributed by atoms with Crippen molar-refractivity contribution in [3.8, 4) is 5.75 Å². The third-order valence-electron chi connectivity index (χ3n) is 2.82. The summed E-state index contributed by atoms with van der Waals surface area (Å²) in [4.78, 5) is 10.2. The highest BCUT2D eigenvalue weighted by Gasteiger charge is 2.12. The van der Waals surface area contributed by atoms with Crippen LogP contribution in [0, 0.1) is 21.7 Å². The van der Waals surface area contributed by atoms with Crippen LogP contribution in [0.3, 0.4) is 0 Å². The summed E-state index contributed by atoms with van der Waals surface area (Å²) in [6.07, 6.45) is 0. The summed E-state index contributed by atoms with van der Waals surface area (Å²) in [7, 11) is 1.36. The normalized spacial score (nSPS) is 10.0. The van der Waals surface area contributed by atoms with Crippen molar-refractivity contribution in [2.75, 3.05) is 17.7 Å². The van der Waals surface area contributed by atoms with E-state index < -0.39 is 16.6 Å². The minimum absolute atomic E-state index is 0.0863. The largest absolute Gasteiger partial charge is 0.494 e. The number of anilines is 2. The van der Waals surface area contributed by atoms with E-state index in [2.05, 4.69) is 10.6 Å². The van der Waals surface area contributed by atoms with Gasteiger partial charge in [-0.3, -0.25) is 10.1 Å². The van der Waals surface area contributed by atoms with Gasteiger partial charge in [-0.1, -0.05) is 0 Å². The lowest BCUT2D eigenvalue weighted by Gasteiger charge is -2.13. The minimum atomic E-state index is -1.01. The Balaban J connectivity index is 2.13. The number of nitrogens with one attached hydrogen (secondary N) is 2. The molecule has 0 heterocycles. The van der Waals surface area contributed by atoms with Crippen LogP contribution in [0.5, 0.6) is 5.75 Å². The van der Waals surface area contributed by atoms with Crippen molar-refractivity contribution < 1.29 is 18.4 Å². The fourth-order valence-electron chi connectivity index (χ4n) is 1.76. The summed E-state index contributed by atoms with van der Waals surface area (Å²) in [6.45, 7) is 0. The Bertz CT molecular complexity index is 771. The highest BCUT2D eigenvalue weighted by Crippen LogP contribution is 2.29. The average Bonchev–Trinajstić information content (AvgIpc) is 2.51. The maximum atomic E-state index is 13.1. The van der Waals surface area contributed by atoms with Gasteiger partial charge >= 0.3 is 0 Å². The Morgan fingerprint density at radius 1 is 1.17 bits per heavy atom. The van der Waals surface area contributed by atoms with Crippen molar-refractivity contribution in [2.45, 2.75) is 0 Å². The first-order valence-electron chi connectivity index (χ1n) is 6.26. The molecule has 0 saturated carbocycles. The van der Waals surface area contributed by atoms with E-state index in [0.29, 0.717) is 5.69 Å². The van der Waals surface area contributed by atoms with E-state index >= 15 is 0 Å². The van der Waals surface area contributed by atoms with Crippen molar-refractivity contribution >= 4 is 34.4 Å². The Morgan fingerprint density at radius 3 is 2.52 bits per heavy atom. The predicted molar refractivity (Wildman–Crippen MR) is 85.8 cm³/mol. The predicted octanol–water partition coefficient (Wildman–Crippen LogP) is 3.69. The van der Waals surface area contributed by atoms with E-state index in [9.17, 15) is 18.9 Å². The second-order valence-electron chi connectivity index (χ2n) is 4.35. The zero-order valence-corrected chi connectivity index (χ0v) is 12.6. The van der Waals surface area contributed by atoms with Crippen LogP contribution < -0.4 is 15.4 Å². The first kappa shape index (κ1) is 16.6. The van der Waals surface area contributed by atoms with Gasteiger partial charge in [0, 0.05) is 17.8 Å². The highest BCUT2D eigenvalue weighted by molar-refractivity contribution is 7.80. The number of methoxy groups -OCH3 is 1. The van der Waals surface area contributed by atoms with E-state index in [1.807, 2.05) is 0 Å². The monoisotopic (exact) mass is 339 g/mol. The van der Waals surface area contributed by atoms with E-state index in [1.165, 1.54) is 31.4 Å². The molecule has 0 radical (unpaired) electrons. The third kappa shape index (κ3) is 4.10. The average molecular weight is 339 g/mol. The summed E-state index contributed by atoms with van der Waals surface area (Å²) < 4.78 is 31.1. The molecule has 0 aliphatic rings. The molecule has 2 aromatic carbocycles. The quantitative estimate of drug-likeness (QED) is 0.503. The number of rotatable bonds is 4. The van der Waals surface area contributed by atoms with Gasteiger partial charge < -0.3 is 15.4 Å². The molecular weight excluding hydrogens is 328 g/mol. The molecular formula is C14H11F2N3O3S. The molecule has 2 aromatic rings. The van der Waals surface area contributed by atoms with Gasteiger partial charge in [0.05, 0.1) is 23.8 Å². The number of nitro benzene ring substituents is 1. The maximum absolute atomic E-state index is 13.1. The zero-order valence-electron chi connectivity index (χ0n) is 11.8. The fourth-order valence-corrected chi connectivity index (χ4v) is 1.98. The van der Waals surface area contributed by atoms with Crippen LogP contribution in [0.2, 0.25) is 0 Å². The number of benzene rings is 2. The number of nitro groups is 1. The Morgan fingerprint density at radius 2 is 1.91 bits per heavy atom. The van der Waals surface area contributed by atoms with E-state index in [-0.39, 0.29) is 22.2 Å². The van der Waals surface area contributed by atoms with Gasteiger partial charge in [-0.15, -0.1) is 0 Å². The topological polar surface area (TPSA) is 76.4 Å². The summed E-state index contributed by atoms with van der Waals surface area (Å²) >= 11 is 5.06. The third-order valence-corrected chi connectivity index (χ3v) is 3.03. The Kier molecular flexibility index (Phi) is 5.02. The molecule has 0 atom stereocenters. The minimum Gasteiger partial charge on any atom is -0.494 e.